The minimum absolute atomic E-state index is 0.106. The monoisotopic (exact) mass is 442 g/mol. The van der Waals surface area contributed by atoms with Crippen LogP contribution < -0.4 is 10.6 Å². The zero-order chi connectivity index (χ0) is 21.9. The maximum Gasteiger partial charge on any atom is 0.227 e. The molecule has 160 valence electrons. The first-order chi connectivity index (χ1) is 15.6. The lowest BCUT2D eigenvalue weighted by atomic mass is 10.1. The number of carbonyl (C=O) groups excluding carboxylic acids is 1. The van der Waals surface area contributed by atoms with Crippen LogP contribution in [0.4, 0.5) is 17.3 Å². The van der Waals surface area contributed by atoms with E-state index < -0.39 is 0 Å². The molecule has 0 saturated heterocycles. The minimum atomic E-state index is 0.106. The number of hydrogen-bond acceptors (Lipinski definition) is 6. The Kier molecular flexibility index (Phi) is 5.60. The standard InChI is InChI=1S/C24H22N6OS/c1-15-13-22(30-29-15)27-21-14-20(16-5-3-2-4-6-16)26-24(28-21)32-19-11-9-18(10-12-19)25-23(31)17-7-8-17/h2-6,9-14,17H,7-8H2,1H3,(H,25,31)(H2,26,27,28,29,30). The van der Waals surface area contributed by atoms with Crippen molar-refractivity contribution in [2.75, 3.05) is 10.6 Å². The van der Waals surface area contributed by atoms with Crippen LogP contribution >= 0.6 is 11.8 Å². The highest BCUT2D eigenvalue weighted by atomic mass is 32.2. The predicted octanol–water partition coefficient (Wildman–Crippen LogP) is 5.42. The zero-order valence-corrected chi connectivity index (χ0v) is 18.3. The fourth-order valence-electron chi connectivity index (χ4n) is 3.22. The summed E-state index contributed by atoms with van der Waals surface area (Å²) in [5.74, 6) is 1.74. The topological polar surface area (TPSA) is 95.6 Å². The number of carbonyl (C=O) groups is 1. The highest BCUT2D eigenvalue weighted by Gasteiger charge is 2.29. The van der Waals surface area contributed by atoms with E-state index in [0.29, 0.717) is 11.0 Å². The van der Waals surface area contributed by atoms with Gasteiger partial charge in [0.2, 0.25) is 5.91 Å². The van der Waals surface area contributed by atoms with Gasteiger partial charge >= 0.3 is 0 Å². The van der Waals surface area contributed by atoms with Crippen molar-refractivity contribution >= 4 is 35.0 Å². The average Bonchev–Trinajstić information content (AvgIpc) is 3.58. The van der Waals surface area contributed by atoms with Crippen molar-refractivity contribution < 1.29 is 4.79 Å². The van der Waals surface area contributed by atoms with Crippen molar-refractivity contribution in [1.82, 2.24) is 20.2 Å². The highest BCUT2D eigenvalue weighted by Crippen LogP contribution is 2.32. The molecule has 1 aliphatic rings. The van der Waals surface area contributed by atoms with Gasteiger partial charge in [0.25, 0.3) is 0 Å². The van der Waals surface area contributed by atoms with Crippen LogP contribution in [0.2, 0.25) is 0 Å². The molecule has 1 aliphatic carbocycles. The molecule has 2 aromatic heterocycles. The van der Waals surface area contributed by atoms with E-state index in [9.17, 15) is 4.79 Å². The molecular formula is C24H22N6OS. The molecular weight excluding hydrogens is 420 g/mol. The van der Waals surface area contributed by atoms with Crippen LogP contribution in [0, 0.1) is 12.8 Å². The van der Waals surface area contributed by atoms with Crippen LogP contribution in [-0.2, 0) is 4.79 Å². The maximum atomic E-state index is 12.0. The molecule has 3 N–H and O–H groups in total. The Labute approximate surface area is 190 Å². The summed E-state index contributed by atoms with van der Waals surface area (Å²) in [5.41, 5.74) is 3.55. The molecule has 0 unspecified atom stereocenters. The molecule has 0 atom stereocenters. The number of nitrogens with zero attached hydrogens (tertiary/aromatic N) is 3. The van der Waals surface area contributed by atoms with Gasteiger partial charge in [0.15, 0.2) is 5.16 Å². The molecule has 0 spiro atoms. The van der Waals surface area contributed by atoms with Gasteiger partial charge in [0.1, 0.15) is 11.6 Å². The lowest BCUT2D eigenvalue weighted by Gasteiger charge is -2.10. The molecule has 5 rings (SSSR count). The van der Waals surface area contributed by atoms with Crippen LogP contribution in [0.15, 0.2) is 76.8 Å². The van der Waals surface area contributed by atoms with Gasteiger partial charge < -0.3 is 10.6 Å². The number of amides is 1. The number of aromatic nitrogens is 4. The van der Waals surface area contributed by atoms with Crippen LogP contribution in [0.1, 0.15) is 18.5 Å². The summed E-state index contributed by atoms with van der Waals surface area (Å²) in [5, 5.41) is 14.0. The summed E-state index contributed by atoms with van der Waals surface area (Å²) in [6, 6.07) is 21.6. The number of hydrogen-bond donors (Lipinski definition) is 3. The van der Waals surface area contributed by atoms with Crippen molar-refractivity contribution in [2.45, 2.75) is 29.8 Å². The Morgan fingerprint density at radius 1 is 1.03 bits per heavy atom. The smallest absolute Gasteiger partial charge is 0.227 e. The first-order valence-electron chi connectivity index (χ1n) is 10.4. The van der Waals surface area contributed by atoms with Crippen molar-refractivity contribution in [3.05, 3.63) is 72.4 Å². The third-order valence-electron chi connectivity index (χ3n) is 5.02. The van der Waals surface area contributed by atoms with Gasteiger partial charge in [-0.05, 0) is 55.8 Å². The predicted molar refractivity (Wildman–Crippen MR) is 126 cm³/mol. The van der Waals surface area contributed by atoms with E-state index >= 15 is 0 Å². The van der Waals surface area contributed by atoms with E-state index in [-0.39, 0.29) is 11.8 Å². The van der Waals surface area contributed by atoms with Crippen LogP contribution in [0.5, 0.6) is 0 Å². The number of rotatable bonds is 7. The Morgan fingerprint density at radius 2 is 1.81 bits per heavy atom. The number of aryl methyl sites for hydroxylation is 1. The minimum Gasteiger partial charge on any atom is -0.326 e. The molecule has 0 radical (unpaired) electrons. The van der Waals surface area contributed by atoms with E-state index in [1.807, 2.05) is 73.7 Å². The van der Waals surface area contributed by atoms with E-state index in [4.69, 9.17) is 4.98 Å². The Bertz CT molecular complexity index is 1240. The second kappa shape index (κ2) is 8.84. The van der Waals surface area contributed by atoms with Gasteiger partial charge in [-0.15, -0.1) is 0 Å². The first kappa shape index (κ1) is 20.3. The molecule has 4 aromatic rings. The number of benzene rings is 2. The number of H-pyrrole nitrogens is 1. The van der Waals surface area contributed by atoms with Crippen molar-refractivity contribution in [1.29, 1.82) is 0 Å². The zero-order valence-electron chi connectivity index (χ0n) is 17.5. The number of nitrogens with one attached hydrogen (secondary N) is 3. The van der Waals surface area contributed by atoms with Crippen molar-refractivity contribution in [3.63, 3.8) is 0 Å². The summed E-state index contributed by atoms with van der Waals surface area (Å²) in [4.78, 5) is 22.4. The molecule has 1 amide bonds. The molecule has 0 aliphatic heterocycles. The van der Waals surface area contributed by atoms with Crippen molar-refractivity contribution in [2.24, 2.45) is 5.92 Å². The molecule has 7 nitrogen and oxygen atoms in total. The summed E-state index contributed by atoms with van der Waals surface area (Å²) >= 11 is 1.47. The maximum absolute atomic E-state index is 12.0. The lowest BCUT2D eigenvalue weighted by Crippen LogP contribution is -2.12. The third kappa shape index (κ3) is 4.97. The van der Waals surface area contributed by atoms with Crippen LogP contribution in [0.25, 0.3) is 11.3 Å². The van der Waals surface area contributed by atoms with Gasteiger partial charge in [0, 0.05) is 34.2 Å². The normalized spacial score (nSPS) is 13.0. The third-order valence-corrected chi connectivity index (χ3v) is 5.90. The van der Waals surface area contributed by atoms with Gasteiger partial charge in [-0.3, -0.25) is 9.89 Å². The SMILES string of the molecule is Cc1cc(Nc2cc(-c3ccccc3)nc(Sc3ccc(NC(=O)C4CC4)cc3)n2)[nH]n1. The van der Waals surface area contributed by atoms with Gasteiger partial charge in [-0.25, -0.2) is 9.97 Å². The van der Waals surface area contributed by atoms with Crippen LogP contribution in [-0.4, -0.2) is 26.1 Å². The number of aromatic amines is 1. The summed E-state index contributed by atoms with van der Waals surface area (Å²) in [7, 11) is 0. The van der Waals surface area contributed by atoms with E-state index in [1.54, 1.807) is 0 Å². The van der Waals surface area contributed by atoms with Gasteiger partial charge in [-0.1, -0.05) is 30.3 Å². The molecule has 1 fully saturated rings. The summed E-state index contributed by atoms with van der Waals surface area (Å²) in [6.45, 7) is 1.93. The quantitative estimate of drug-likeness (QED) is 0.331. The Morgan fingerprint density at radius 3 is 2.50 bits per heavy atom. The second-order valence-corrected chi connectivity index (χ2v) is 8.77. The Hall–Kier alpha value is -3.65. The number of anilines is 3. The van der Waals surface area contributed by atoms with Gasteiger partial charge in [0.05, 0.1) is 11.4 Å². The second-order valence-electron chi connectivity index (χ2n) is 7.72. The fourth-order valence-corrected chi connectivity index (χ4v) is 3.99. The highest BCUT2D eigenvalue weighted by molar-refractivity contribution is 7.99. The lowest BCUT2D eigenvalue weighted by molar-refractivity contribution is -0.117. The average molecular weight is 443 g/mol. The molecule has 2 aromatic carbocycles. The van der Waals surface area contributed by atoms with E-state index in [2.05, 4.69) is 25.8 Å². The van der Waals surface area contributed by atoms with Crippen molar-refractivity contribution in [3.8, 4) is 11.3 Å². The molecule has 8 heteroatoms. The van der Waals surface area contributed by atoms with Crippen LogP contribution in [0.3, 0.4) is 0 Å². The molecule has 2 heterocycles. The first-order valence-corrected chi connectivity index (χ1v) is 11.3. The molecule has 0 bridgehead atoms. The van der Waals surface area contributed by atoms with E-state index in [0.717, 1.165) is 46.2 Å². The van der Waals surface area contributed by atoms with Gasteiger partial charge in [-0.2, -0.15) is 5.10 Å². The molecule has 32 heavy (non-hydrogen) atoms. The summed E-state index contributed by atoms with van der Waals surface area (Å²) in [6.07, 6.45) is 1.98. The Balaban J connectivity index is 1.39. The van der Waals surface area contributed by atoms with E-state index in [1.165, 1.54) is 11.8 Å². The fraction of sp³-hybridized carbons (Fsp3) is 0.167. The molecule has 1 saturated carbocycles. The summed E-state index contributed by atoms with van der Waals surface area (Å²) < 4.78 is 0. The largest absolute Gasteiger partial charge is 0.326 e.